The lowest BCUT2D eigenvalue weighted by Crippen LogP contribution is -2.78. The first-order chi connectivity index (χ1) is 15.6. The van der Waals surface area contributed by atoms with E-state index in [0.717, 1.165) is 64.7 Å². The molecule has 6 N–H and O–H groups in total. The van der Waals surface area contributed by atoms with E-state index in [1.165, 1.54) is 63.6 Å². The Balaban J connectivity index is 1.60. The Morgan fingerprint density at radius 2 is 1.69 bits per heavy atom. The van der Waals surface area contributed by atoms with Crippen molar-refractivity contribution in [3.8, 4) is 0 Å². The van der Waals surface area contributed by atoms with Crippen molar-refractivity contribution in [2.45, 2.75) is 102 Å². The van der Waals surface area contributed by atoms with Crippen molar-refractivity contribution in [1.82, 2.24) is 4.90 Å². The zero-order chi connectivity index (χ0) is 23.1. The second-order valence-corrected chi connectivity index (χ2v) is 9.51. The van der Waals surface area contributed by atoms with E-state index in [9.17, 15) is 5.11 Å². The van der Waals surface area contributed by atoms with E-state index >= 15 is 0 Å². The quantitative estimate of drug-likeness (QED) is 0.0853. The van der Waals surface area contributed by atoms with Gasteiger partial charge in [0.05, 0.1) is 26.2 Å². The van der Waals surface area contributed by atoms with E-state index in [1.807, 2.05) is 12.2 Å². The minimum Gasteiger partial charge on any atom is -0.350 e. The highest BCUT2D eigenvalue weighted by Crippen LogP contribution is 2.30. The lowest BCUT2D eigenvalue weighted by atomic mass is 10.0. The number of amidine groups is 1. The molecule has 0 fully saturated rings. The molecule has 1 unspecified atom stereocenters. The number of nitrogens with two attached hydrogens (primary N) is 2. The molecule has 32 heavy (non-hydrogen) atoms. The number of unbranched alkanes of at least 4 members (excludes halogenated alkanes) is 11. The number of nitrogens with one attached hydrogen (secondary N) is 1. The van der Waals surface area contributed by atoms with E-state index in [1.54, 1.807) is 0 Å². The summed E-state index contributed by atoms with van der Waals surface area (Å²) in [5.41, 5.74) is 10.1. The third-order valence-corrected chi connectivity index (χ3v) is 6.76. The van der Waals surface area contributed by atoms with Crippen LogP contribution in [0.5, 0.6) is 0 Å². The van der Waals surface area contributed by atoms with Crippen LogP contribution in [-0.2, 0) is 0 Å². The maximum atomic E-state index is 11.3. The molecule has 1 atom stereocenters. The Morgan fingerprint density at radius 1 is 1.03 bits per heavy atom. The molecule has 0 saturated carbocycles. The van der Waals surface area contributed by atoms with Crippen LogP contribution in [0.4, 0.5) is 0 Å². The minimum atomic E-state index is -0.788. The number of fused-ring (bicyclic) bond motifs is 1. The first-order valence-electron chi connectivity index (χ1n) is 13.1. The van der Waals surface area contributed by atoms with Gasteiger partial charge in [-0.05, 0) is 38.2 Å². The summed E-state index contributed by atoms with van der Waals surface area (Å²) in [6.45, 7) is 7.61. The largest absolute Gasteiger partial charge is 0.350 e. The fourth-order valence-electron chi connectivity index (χ4n) is 4.90. The fourth-order valence-corrected chi connectivity index (χ4v) is 4.90. The van der Waals surface area contributed by atoms with Gasteiger partial charge in [0.2, 0.25) is 5.72 Å². The number of hydrogen-bond acceptors (Lipinski definition) is 2. The monoisotopic (exact) mass is 447 g/mol. The maximum Gasteiger partial charge on any atom is 0.338 e. The molecular weight excluding hydrogens is 398 g/mol. The van der Waals surface area contributed by atoms with Gasteiger partial charge in [0.1, 0.15) is 0 Å². The summed E-state index contributed by atoms with van der Waals surface area (Å²) >= 11 is 0. The van der Waals surface area contributed by atoms with Gasteiger partial charge in [-0.2, -0.15) is 0 Å². The van der Waals surface area contributed by atoms with E-state index in [2.05, 4.69) is 27.1 Å². The molecule has 2 rings (SSSR count). The van der Waals surface area contributed by atoms with Crippen LogP contribution < -0.4 is 16.5 Å². The number of rotatable bonds is 18. The van der Waals surface area contributed by atoms with Gasteiger partial charge >= 0.3 is 5.96 Å². The summed E-state index contributed by atoms with van der Waals surface area (Å²) in [5.74, 6) is 1.49. The van der Waals surface area contributed by atoms with Crippen LogP contribution >= 0.6 is 0 Å². The number of hydrogen-bond donors (Lipinski definition) is 4. The third kappa shape index (κ3) is 9.35. The topological polar surface area (TPSA) is 92.5 Å². The van der Waals surface area contributed by atoms with Crippen molar-refractivity contribution in [2.75, 3.05) is 26.2 Å². The number of aliphatic hydroxyl groups is 1. The highest BCUT2D eigenvalue weighted by Gasteiger charge is 2.46. The van der Waals surface area contributed by atoms with E-state index < -0.39 is 5.72 Å². The molecule has 0 aromatic heterocycles. The first kappa shape index (κ1) is 26.4. The molecule has 0 bridgehead atoms. The standard InChI is InChI=1S/C26H48N5O/c1-2-3-4-5-6-7-8-9-10-11-12-13-18-26(32)19-17-24-30(22-16-23-31(24)26)21-15-14-20-29-25(27)28/h2,17,19,32H,1,3-16,18,20-23H2,(H4,27,28,29)/q+1/p+1. The summed E-state index contributed by atoms with van der Waals surface area (Å²) in [6, 6.07) is 0. The number of allylic oxidation sites excluding steroid dienone is 1. The molecule has 0 aromatic rings. The van der Waals surface area contributed by atoms with Crippen LogP contribution in [0.25, 0.3) is 0 Å². The Labute approximate surface area is 196 Å². The van der Waals surface area contributed by atoms with Gasteiger partial charge < -0.3 is 5.11 Å². The summed E-state index contributed by atoms with van der Waals surface area (Å²) in [6.07, 6.45) is 24.5. The molecule has 182 valence electrons. The van der Waals surface area contributed by atoms with Crippen molar-refractivity contribution in [1.29, 1.82) is 0 Å². The average Bonchev–Trinajstić information content (AvgIpc) is 3.12. The molecule has 2 aliphatic heterocycles. The number of guanidine groups is 1. The van der Waals surface area contributed by atoms with E-state index in [0.29, 0.717) is 5.96 Å². The molecule has 2 aliphatic rings. The van der Waals surface area contributed by atoms with Crippen LogP contribution in [0.15, 0.2) is 24.8 Å². The average molecular weight is 448 g/mol. The number of nitrogens with zero attached hydrogens (tertiary/aromatic N) is 2. The highest BCUT2D eigenvalue weighted by atomic mass is 16.3. The smallest absolute Gasteiger partial charge is 0.338 e. The van der Waals surface area contributed by atoms with Crippen LogP contribution in [0.1, 0.15) is 96.3 Å². The zero-order valence-corrected chi connectivity index (χ0v) is 20.4. The van der Waals surface area contributed by atoms with Gasteiger partial charge in [0.15, 0.2) is 0 Å². The van der Waals surface area contributed by atoms with Gasteiger partial charge in [-0.25, -0.2) is 4.90 Å². The van der Waals surface area contributed by atoms with Gasteiger partial charge in [0, 0.05) is 18.9 Å². The summed E-state index contributed by atoms with van der Waals surface area (Å²) in [5, 5.41) is 11.3. The van der Waals surface area contributed by atoms with E-state index in [-0.39, 0.29) is 0 Å². The second kappa shape index (κ2) is 15.1. The normalized spacial score (nSPS) is 20.0. The van der Waals surface area contributed by atoms with Gasteiger partial charge in [-0.3, -0.25) is 21.0 Å². The minimum absolute atomic E-state index is 0.294. The van der Waals surface area contributed by atoms with Gasteiger partial charge in [-0.15, -0.1) is 6.58 Å². The zero-order valence-electron chi connectivity index (χ0n) is 20.4. The lowest BCUT2D eigenvalue weighted by molar-refractivity contribution is -0.541. The van der Waals surface area contributed by atoms with Gasteiger partial charge in [0.25, 0.3) is 5.84 Å². The molecule has 0 saturated heterocycles. The van der Waals surface area contributed by atoms with Crippen molar-refractivity contribution in [3.63, 3.8) is 0 Å². The molecule has 6 heteroatoms. The molecule has 0 amide bonds. The van der Waals surface area contributed by atoms with E-state index in [4.69, 9.17) is 11.5 Å². The van der Waals surface area contributed by atoms with Crippen LogP contribution in [0.3, 0.4) is 0 Å². The molecular formula is C26H49N5O+2. The Kier molecular flexibility index (Phi) is 12.5. The highest BCUT2D eigenvalue weighted by molar-refractivity contribution is 5.92. The summed E-state index contributed by atoms with van der Waals surface area (Å²) in [4.78, 5) is 5.21. The predicted molar refractivity (Wildman–Crippen MR) is 134 cm³/mol. The lowest BCUT2D eigenvalue weighted by Gasteiger charge is -2.32. The molecule has 0 aromatic carbocycles. The molecule has 0 spiro atoms. The molecule has 2 heterocycles. The Bertz CT molecular complexity index is 638. The SMILES string of the molecule is C=CCCCCCCCCCCCCC1(O)C=CC2=[N+](CCCC[NH+]=C(N)N)CCCN21. The first-order valence-corrected chi connectivity index (χ1v) is 13.1. The Morgan fingerprint density at radius 3 is 2.34 bits per heavy atom. The third-order valence-electron chi connectivity index (χ3n) is 6.76. The molecule has 0 radical (unpaired) electrons. The molecule has 0 aliphatic carbocycles. The molecule has 6 nitrogen and oxygen atoms in total. The Hall–Kier alpha value is -1.82. The van der Waals surface area contributed by atoms with Gasteiger partial charge in [-0.1, -0.05) is 57.4 Å². The summed E-state index contributed by atoms with van der Waals surface area (Å²) in [7, 11) is 0. The second-order valence-electron chi connectivity index (χ2n) is 9.51. The van der Waals surface area contributed by atoms with Crippen LogP contribution in [0.2, 0.25) is 0 Å². The predicted octanol–water partition coefficient (Wildman–Crippen LogP) is 2.36. The maximum absolute atomic E-state index is 11.3. The van der Waals surface area contributed by atoms with Crippen molar-refractivity contribution in [3.05, 3.63) is 24.8 Å². The van der Waals surface area contributed by atoms with Crippen molar-refractivity contribution in [2.24, 2.45) is 11.5 Å². The summed E-state index contributed by atoms with van der Waals surface area (Å²) < 4.78 is 2.42. The fraction of sp³-hybridized carbons (Fsp3) is 0.769. The van der Waals surface area contributed by atoms with Crippen molar-refractivity contribution < 1.29 is 14.7 Å². The van der Waals surface area contributed by atoms with Crippen LogP contribution in [-0.4, -0.2) is 58.3 Å². The van der Waals surface area contributed by atoms with Crippen LogP contribution in [0, 0.1) is 0 Å². The van der Waals surface area contributed by atoms with Crippen molar-refractivity contribution >= 4 is 11.8 Å².